The Morgan fingerprint density at radius 1 is 0.914 bits per heavy atom. The molecule has 3 aromatic carbocycles. The van der Waals surface area contributed by atoms with E-state index in [1.165, 1.54) is 12.1 Å². The number of amides is 1. The molecule has 9 heteroatoms. The minimum Gasteiger partial charge on any atom is -0.495 e. The van der Waals surface area contributed by atoms with Gasteiger partial charge in [-0.1, -0.05) is 42.5 Å². The zero-order chi connectivity index (χ0) is 24.8. The van der Waals surface area contributed by atoms with E-state index in [-0.39, 0.29) is 23.9 Å². The van der Waals surface area contributed by atoms with Crippen molar-refractivity contribution >= 4 is 21.6 Å². The van der Waals surface area contributed by atoms with E-state index in [4.69, 9.17) is 4.74 Å². The van der Waals surface area contributed by atoms with Gasteiger partial charge in [0.2, 0.25) is 15.9 Å². The highest BCUT2D eigenvalue weighted by molar-refractivity contribution is 7.89. The number of carbonyl (C=O) groups is 1. The van der Waals surface area contributed by atoms with Crippen molar-refractivity contribution in [1.29, 1.82) is 0 Å². The number of anilines is 1. The van der Waals surface area contributed by atoms with Crippen molar-refractivity contribution in [2.24, 2.45) is 0 Å². The van der Waals surface area contributed by atoms with Crippen molar-refractivity contribution in [2.75, 3.05) is 44.7 Å². The predicted octanol–water partition coefficient (Wildman–Crippen LogP) is 3.37. The minimum atomic E-state index is -4.02. The number of sulfonamides is 1. The second kappa shape index (κ2) is 10.9. The number of hydrogen-bond donors (Lipinski definition) is 0. The Balaban J connectivity index is 1.49. The molecule has 0 spiro atoms. The van der Waals surface area contributed by atoms with E-state index in [9.17, 15) is 17.6 Å². The average molecular weight is 498 g/mol. The van der Waals surface area contributed by atoms with Crippen molar-refractivity contribution in [2.45, 2.75) is 11.4 Å². The number of hydrogen-bond acceptors (Lipinski definition) is 5. The van der Waals surface area contributed by atoms with Crippen LogP contribution < -0.4 is 9.64 Å². The third kappa shape index (κ3) is 5.80. The molecule has 1 aliphatic heterocycles. The normalized spacial score (nSPS) is 14.3. The smallest absolute Gasteiger partial charge is 0.243 e. The first kappa shape index (κ1) is 24.7. The van der Waals surface area contributed by atoms with E-state index in [1.54, 1.807) is 12.0 Å². The van der Waals surface area contributed by atoms with E-state index in [1.807, 2.05) is 54.6 Å². The maximum Gasteiger partial charge on any atom is 0.243 e. The lowest BCUT2D eigenvalue weighted by molar-refractivity contribution is -0.131. The number of para-hydroxylation sites is 2. The summed E-state index contributed by atoms with van der Waals surface area (Å²) in [4.78, 5) is 17.0. The fourth-order valence-electron chi connectivity index (χ4n) is 4.11. The number of ether oxygens (including phenoxy) is 1. The summed E-state index contributed by atoms with van der Waals surface area (Å²) >= 11 is 0. The molecule has 0 aromatic heterocycles. The third-order valence-corrected chi connectivity index (χ3v) is 7.83. The van der Waals surface area contributed by atoms with Crippen LogP contribution >= 0.6 is 0 Å². The van der Waals surface area contributed by atoms with Gasteiger partial charge in [-0.15, -0.1) is 0 Å². The molecular weight excluding hydrogens is 469 g/mol. The van der Waals surface area contributed by atoms with E-state index < -0.39 is 15.8 Å². The number of methoxy groups -OCH3 is 1. The van der Waals surface area contributed by atoms with Crippen LogP contribution in [0.1, 0.15) is 5.56 Å². The Labute approximate surface area is 205 Å². The van der Waals surface area contributed by atoms with Gasteiger partial charge < -0.3 is 14.5 Å². The summed E-state index contributed by atoms with van der Waals surface area (Å²) in [6.45, 7) is 1.88. The van der Waals surface area contributed by atoms with Gasteiger partial charge in [0.1, 0.15) is 11.6 Å². The molecule has 0 radical (unpaired) electrons. The third-order valence-electron chi connectivity index (χ3n) is 6.02. The van der Waals surface area contributed by atoms with Gasteiger partial charge in [0.05, 0.1) is 24.2 Å². The van der Waals surface area contributed by atoms with Crippen molar-refractivity contribution in [1.82, 2.24) is 9.21 Å². The number of halogens is 1. The highest BCUT2D eigenvalue weighted by Gasteiger charge is 2.30. The molecule has 3 aromatic rings. The first-order valence-corrected chi connectivity index (χ1v) is 12.8. The van der Waals surface area contributed by atoms with Crippen LogP contribution in [0.15, 0.2) is 83.8 Å². The largest absolute Gasteiger partial charge is 0.495 e. The summed E-state index contributed by atoms with van der Waals surface area (Å²) in [5.41, 5.74) is 1.72. The number of carbonyl (C=O) groups excluding carboxylic acids is 1. The standard InChI is InChI=1S/C26H28FN3O4S/c1-34-25-10-6-5-9-24(25)28-15-17-29(18-16-28)26(31)20-30(19-21-7-3-2-4-8-21)35(32,33)23-13-11-22(27)12-14-23/h2-14H,15-20H2,1H3. The zero-order valence-corrected chi connectivity index (χ0v) is 20.3. The number of piperazine rings is 1. The molecule has 4 rings (SSSR count). The van der Waals surface area contributed by atoms with Gasteiger partial charge in [-0.05, 0) is 42.0 Å². The summed E-state index contributed by atoms with van der Waals surface area (Å²) in [7, 11) is -2.39. The lowest BCUT2D eigenvalue weighted by Gasteiger charge is -2.37. The van der Waals surface area contributed by atoms with Crippen LogP contribution in [0.3, 0.4) is 0 Å². The van der Waals surface area contributed by atoms with Crippen LogP contribution in [0.25, 0.3) is 0 Å². The maximum absolute atomic E-state index is 13.4. The molecule has 184 valence electrons. The predicted molar refractivity (Wildman–Crippen MR) is 132 cm³/mol. The van der Waals surface area contributed by atoms with Gasteiger partial charge in [-0.25, -0.2) is 12.8 Å². The average Bonchev–Trinajstić information content (AvgIpc) is 2.89. The fourth-order valence-corrected chi connectivity index (χ4v) is 5.48. The van der Waals surface area contributed by atoms with Crippen molar-refractivity contribution in [3.63, 3.8) is 0 Å². The molecule has 0 aliphatic carbocycles. The molecule has 1 heterocycles. The lowest BCUT2D eigenvalue weighted by Crippen LogP contribution is -2.51. The van der Waals surface area contributed by atoms with Crippen LogP contribution in [0.5, 0.6) is 5.75 Å². The van der Waals surface area contributed by atoms with Gasteiger partial charge >= 0.3 is 0 Å². The van der Waals surface area contributed by atoms with E-state index in [0.717, 1.165) is 33.4 Å². The summed E-state index contributed by atoms with van der Waals surface area (Å²) in [6, 6.07) is 21.5. The molecule has 35 heavy (non-hydrogen) atoms. The molecule has 7 nitrogen and oxygen atoms in total. The Hall–Kier alpha value is -3.43. The summed E-state index contributed by atoms with van der Waals surface area (Å²) in [6.07, 6.45) is 0. The van der Waals surface area contributed by atoms with Gasteiger partial charge in [-0.3, -0.25) is 4.79 Å². The Morgan fingerprint density at radius 2 is 1.54 bits per heavy atom. The van der Waals surface area contributed by atoms with Gasteiger partial charge in [-0.2, -0.15) is 4.31 Å². The number of rotatable bonds is 8. The molecule has 1 fully saturated rings. The quantitative estimate of drug-likeness (QED) is 0.477. The Bertz CT molecular complexity index is 1250. The van der Waals surface area contributed by atoms with E-state index in [2.05, 4.69) is 4.90 Å². The van der Waals surface area contributed by atoms with Crippen molar-refractivity contribution in [3.8, 4) is 5.75 Å². The van der Waals surface area contributed by atoms with E-state index >= 15 is 0 Å². The second-order valence-corrected chi connectivity index (χ2v) is 10.2. The molecule has 0 saturated carbocycles. The summed E-state index contributed by atoms with van der Waals surface area (Å²) in [5.74, 6) is -0.0273. The summed E-state index contributed by atoms with van der Waals surface area (Å²) < 4.78 is 46.8. The molecule has 0 unspecified atom stereocenters. The molecular formula is C26H28FN3O4S. The topological polar surface area (TPSA) is 70.2 Å². The minimum absolute atomic E-state index is 0.0352. The Kier molecular flexibility index (Phi) is 7.67. The van der Waals surface area contributed by atoms with Gasteiger partial charge in [0, 0.05) is 32.7 Å². The van der Waals surface area contributed by atoms with Crippen LogP contribution in [0.4, 0.5) is 10.1 Å². The van der Waals surface area contributed by atoms with Crippen LogP contribution in [-0.4, -0.2) is 63.4 Å². The Morgan fingerprint density at radius 3 is 2.20 bits per heavy atom. The number of benzene rings is 3. The van der Waals surface area contributed by atoms with Crippen molar-refractivity contribution < 1.29 is 22.3 Å². The van der Waals surface area contributed by atoms with Crippen LogP contribution in [-0.2, 0) is 21.4 Å². The maximum atomic E-state index is 13.4. The molecule has 1 saturated heterocycles. The number of nitrogens with zero attached hydrogens (tertiary/aromatic N) is 3. The first-order chi connectivity index (χ1) is 16.9. The summed E-state index contributed by atoms with van der Waals surface area (Å²) in [5, 5.41) is 0. The molecule has 1 aliphatic rings. The molecule has 0 N–H and O–H groups in total. The fraction of sp³-hybridized carbons (Fsp3) is 0.269. The molecule has 0 atom stereocenters. The van der Waals surface area contributed by atoms with Gasteiger partial charge in [0.25, 0.3) is 0 Å². The van der Waals surface area contributed by atoms with Crippen LogP contribution in [0.2, 0.25) is 0 Å². The highest BCUT2D eigenvalue weighted by atomic mass is 32.2. The monoisotopic (exact) mass is 497 g/mol. The van der Waals surface area contributed by atoms with Gasteiger partial charge in [0.15, 0.2) is 0 Å². The van der Waals surface area contributed by atoms with E-state index in [0.29, 0.717) is 26.2 Å². The molecule has 0 bridgehead atoms. The first-order valence-electron chi connectivity index (χ1n) is 11.3. The van der Waals surface area contributed by atoms with Crippen LogP contribution in [0, 0.1) is 5.82 Å². The highest BCUT2D eigenvalue weighted by Crippen LogP contribution is 2.28. The SMILES string of the molecule is COc1ccccc1N1CCN(C(=O)CN(Cc2ccccc2)S(=O)(=O)c2ccc(F)cc2)CC1. The zero-order valence-electron chi connectivity index (χ0n) is 19.5. The van der Waals surface area contributed by atoms with Crippen molar-refractivity contribution in [3.05, 3.63) is 90.2 Å². The second-order valence-electron chi connectivity index (χ2n) is 8.25. The lowest BCUT2D eigenvalue weighted by atomic mass is 10.2. The molecule has 1 amide bonds.